The Morgan fingerprint density at radius 2 is 2.16 bits per heavy atom. The number of hydrogen-bond acceptors (Lipinski definition) is 4. The number of carbonyl (C=O) groups is 2. The number of aliphatic carboxylic acids is 1. The lowest BCUT2D eigenvalue weighted by Crippen LogP contribution is -2.30. The summed E-state index contributed by atoms with van der Waals surface area (Å²) in [5, 5.41) is 11.8. The Morgan fingerprint density at radius 1 is 1.47 bits per heavy atom. The third kappa shape index (κ3) is 3.21. The first-order chi connectivity index (χ1) is 8.97. The number of nitrogens with zero attached hydrogens (tertiary/aromatic N) is 1. The molecule has 0 aromatic carbocycles. The number of amides is 1. The monoisotopic (exact) mass is 284 g/mol. The molecule has 0 unspecified atom stereocenters. The third-order valence-corrected chi connectivity index (χ3v) is 3.27. The maximum Gasteiger partial charge on any atom is 0.332 e. The van der Waals surface area contributed by atoms with Crippen molar-refractivity contribution in [1.82, 2.24) is 4.98 Å². The van der Waals surface area contributed by atoms with Crippen molar-refractivity contribution in [1.29, 1.82) is 0 Å². The molecule has 2 heterocycles. The molecule has 0 spiro atoms. The summed E-state index contributed by atoms with van der Waals surface area (Å²) < 4.78 is 5.15. The smallest absolute Gasteiger partial charge is 0.332 e. The molecule has 2 rings (SSSR count). The summed E-state index contributed by atoms with van der Waals surface area (Å²) in [6.45, 7) is 1.78. The minimum Gasteiger partial charge on any atom is -0.479 e. The first kappa shape index (κ1) is 13.8. The van der Waals surface area contributed by atoms with Gasteiger partial charge >= 0.3 is 5.97 Å². The zero-order chi connectivity index (χ0) is 14.0. The summed E-state index contributed by atoms with van der Waals surface area (Å²) in [6, 6.07) is 1.69. The number of aromatic nitrogens is 1. The second-order valence-electron chi connectivity index (χ2n) is 4.35. The number of ether oxygens (including phenoxy) is 1. The molecular weight excluding hydrogens is 272 g/mol. The lowest BCUT2D eigenvalue weighted by Gasteiger charge is -2.12. The summed E-state index contributed by atoms with van der Waals surface area (Å²) in [5.74, 6) is -1.41. The average molecular weight is 285 g/mol. The molecule has 1 aromatic rings. The molecule has 1 aliphatic rings. The van der Waals surface area contributed by atoms with Crippen LogP contribution in [0.25, 0.3) is 0 Å². The van der Waals surface area contributed by atoms with E-state index in [0.717, 1.165) is 5.56 Å². The number of carbonyl (C=O) groups excluding carboxylic acids is 1. The molecule has 2 atom stereocenters. The number of carboxylic acids is 1. The van der Waals surface area contributed by atoms with Gasteiger partial charge in [-0.05, 0) is 31.4 Å². The fourth-order valence-corrected chi connectivity index (χ4v) is 1.96. The van der Waals surface area contributed by atoms with Crippen molar-refractivity contribution in [3.05, 3.63) is 23.0 Å². The molecule has 0 aliphatic carbocycles. The van der Waals surface area contributed by atoms with Gasteiger partial charge in [-0.25, -0.2) is 9.78 Å². The van der Waals surface area contributed by atoms with E-state index in [4.69, 9.17) is 21.4 Å². The molecule has 1 fully saturated rings. The van der Waals surface area contributed by atoms with Crippen LogP contribution in [0.3, 0.4) is 0 Å². The molecule has 1 aromatic heterocycles. The van der Waals surface area contributed by atoms with Crippen LogP contribution in [0.1, 0.15) is 18.4 Å². The van der Waals surface area contributed by atoms with Crippen molar-refractivity contribution in [2.75, 3.05) is 5.32 Å². The highest BCUT2D eigenvalue weighted by Gasteiger charge is 2.34. The largest absolute Gasteiger partial charge is 0.479 e. The van der Waals surface area contributed by atoms with Crippen LogP contribution in [-0.4, -0.2) is 34.2 Å². The average Bonchev–Trinajstić information content (AvgIpc) is 2.83. The molecule has 0 bridgehead atoms. The molecule has 1 saturated heterocycles. The number of hydrogen-bond donors (Lipinski definition) is 2. The molecule has 1 amide bonds. The number of anilines is 1. The maximum atomic E-state index is 11.9. The van der Waals surface area contributed by atoms with Crippen molar-refractivity contribution >= 4 is 29.2 Å². The van der Waals surface area contributed by atoms with Crippen LogP contribution in [0.5, 0.6) is 0 Å². The van der Waals surface area contributed by atoms with Gasteiger partial charge in [0.2, 0.25) is 0 Å². The molecule has 0 saturated carbocycles. The van der Waals surface area contributed by atoms with E-state index in [1.165, 1.54) is 6.20 Å². The minimum absolute atomic E-state index is 0.339. The highest BCUT2D eigenvalue weighted by molar-refractivity contribution is 6.30. The number of pyridine rings is 1. The Labute approximate surface area is 114 Å². The van der Waals surface area contributed by atoms with Crippen LogP contribution in [0.15, 0.2) is 12.3 Å². The number of aryl methyl sites for hydroxylation is 1. The van der Waals surface area contributed by atoms with Crippen molar-refractivity contribution in [2.24, 2.45) is 0 Å². The number of halogens is 1. The Morgan fingerprint density at radius 3 is 2.74 bits per heavy atom. The van der Waals surface area contributed by atoms with Crippen LogP contribution in [-0.2, 0) is 14.3 Å². The zero-order valence-corrected chi connectivity index (χ0v) is 11.0. The van der Waals surface area contributed by atoms with E-state index in [1.54, 1.807) is 13.0 Å². The van der Waals surface area contributed by atoms with E-state index in [0.29, 0.717) is 23.7 Å². The van der Waals surface area contributed by atoms with Gasteiger partial charge in [0.25, 0.3) is 5.91 Å². The van der Waals surface area contributed by atoms with Crippen molar-refractivity contribution in [3.63, 3.8) is 0 Å². The normalized spacial score (nSPS) is 22.2. The Balaban J connectivity index is 1.98. The zero-order valence-electron chi connectivity index (χ0n) is 10.2. The van der Waals surface area contributed by atoms with Gasteiger partial charge in [-0.2, -0.15) is 0 Å². The van der Waals surface area contributed by atoms with Crippen molar-refractivity contribution < 1.29 is 19.4 Å². The highest BCUT2D eigenvalue weighted by atomic mass is 35.5. The molecule has 7 heteroatoms. The van der Waals surface area contributed by atoms with E-state index in [2.05, 4.69) is 10.3 Å². The maximum absolute atomic E-state index is 11.9. The molecular formula is C12H13ClN2O4. The highest BCUT2D eigenvalue weighted by Crippen LogP contribution is 2.22. The predicted octanol–water partition coefficient (Wildman–Crippen LogP) is 1.61. The topological polar surface area (TPSA) is 88.5 Å². The third-order valence-electron chi connectivity index (χ3n) is 2.87. The van der Waals surface area contributed by atoms with Gasteiger partial charge in [-0.1, -0.05) is 11.6 Å². The summed E-state index contributed by atoms with van der Waals surface area (Å²) in [4.78, 5) is 26.5. The lowest BCUT2D eigenvalue weighted by molar-refractivity contribution is -0.150. The predicted molar refractivity (Wildman–Crippen MR) is 68.1 cm³/mol. The van der Waals surface area contributed by atoms with E-state index in [1.807, 2.05) is 0 Å². The molecule has 102 valence electrons. The molecule has 19 heavy (non-hydrogen) atoms. The second kappa shape index (κ2) is 5.54. The van der Waals surface area contributed by atoms with Crippen LogP contribution in [0, 0.1) is 6.92 Å². The molecule has 0 radical (unpaired) electrons. The summed E-state index contributed by atoms with van der Waals surface area (Å²) in [5.41, 5.74) is 1.25. The summed E-state index contributed by atoms with van der Waals surface area (Å²) in [6.07, 6.45) is 0.531. The fraction of sp³-hybridized carbons (Fsp3) is 0.417. The molecule has 1 aliphatic heterocycles. The van der Waals surface area contributed by atoms with Gasteiger partial charge in [-0.15, -0.1) is 0 Å². The Kier molecular flexibility index (Phi) is 4.01. The Hall–Kier alpha value is -1.66. The standard InChI is InChI=1S/C12H13ClN2O4/c1-6-4-7(5-14-10(6)13)15-11(16)8-2-3-9(19-8)12(17)18/h4-5,8-9H,2-3H2,1H3,(H,15,16)(H,17,18)/t8-,9+/m0/s1. The number of nitrogens with one attached hydrogen (secondary N) is 1. The van der Waals surface area contributed by atoms with Gasteiger partial charge in [0.1, 0.15) is 11.3 Å². The van der Waals surface area contributed by atoms with Crippen molar-refractivity contribution in [2.45, 2.75) is 32.0 Å². The quantitative estimate of drug-likeness (QED) is 0.823. The van der Waals surface area contributed by atoms with E-state index in [-0.39, 0.29) is 5.91 Å². The van der Waals surface area contributed by atoms with Gasteiger partial charge in [-0.3, -0.25) is 4.79 Å². The van der Waals surface area contributed by atoms with E-state index < -0.39 is 18.2 Å². The molecule has 6 nitrogen and oxygen atoms in total. The van der Waals surface area contributed by atoms with Crippen LogP contribution in [0.2, 0.25) is 5.15 Å². The molecule has 2 N–H and O–H groups in total. The van der Waals surface area contributed by atoms with E-state index >= 15 is 0 Å². The van der Waals surface area contributed by atoms with Crippen LogP contribution >= 0.6 is 11.6 Å². The minimum atomic E-state index is -1.04. The number of carboxylic acid groups (broad SMARTS) is 1. The summed E-state index contributed by atoms with van der Waals surface area (Å²) in [7, 11) is 0. The SMILES string of the molecule is Cc1cc(NC(=O)[C@@H]2CC[C@H](C(=O)O)O2)cnc1Cl. The number of rotatable bonds is 3. The van der Waals surface area contributed by atoms with Gasteiger partial charge in [0, 0.05) is 0 Å². The second-order valence-corrected chi connectivity index (χ2v) is 4.71. The van der Waals surface area contributed by atoms with Gasteiger partial charge < -0.3 is 15.2 Å². The fourth-order valence-electron chi connectivity index (χ4n) is 1.86. The summed E-state index contributed by atoms with van der Waals surface area (Å²) >= 11 is 5.78. The van der Waals surface area contributed by atoms with Crippen molar-refractivity contribution in [3.8, 4) is 0 Å². The van der Waals surface area contributed by atoms with E-state index in [9.17, 15) is 9.59 Å². The van der Waals surface area contributed by atoms with Crippen LogP contribution in [0.4, 0.5) is 5.69 Å². The van der Waals surface area contributed by atoms with Crippen LogP contribution < -0.4 is 5.32 Å². The van der Waals surface area contributed by atoms with Gasteiger partial charge in [0.15, 0.2) is 6.10 Å². The first-order valence-corrected chi connectivity index (χ1v) is 6.16. The first-order valence-electron chi connectivity index (χ1n) is 5.78. The lowest BCUT2D eigenvalue weighted by atomic mass is 10.2. The Bertz CT molecular complexity index is 520. The van der Waals surface area contributed by atoms with Gasteiger partial charge in [0.05, 0.1) is 11.9 Å².